The summed E-state index contributed by atoms with van der Waals surface area (Å²) in [5, 5.41) is 0. The number of methoxy groups -OCH3 is 1. The highest BCUT2D eigenvalue weighted by Gasteiger charge is 2.34. The fourth-order valence-electron chi connectivity index (χ4n) is 1.36. The molecule has 0 bridgehead atoms. The standard InChI is InChI=1S/C10H13F3N2O/c1-16-6-2-3-7(9(15)5-14)8(4-6)10(11,12)13/h2-4,9H,5,14-15H2,1H3/t9-/m0/s1. The molecule has 16 heavy (non-hydrogen) atoms. The summed E-state index contributed by atoms with van der Waals surface area (Å²) in [5.74, 6) is 0.139. The fraction of sp³-hybridized carbons (Fsp3) is 0.400. The summed E-state index contributed by atoms with van der Waals surface area (Å²) in [6.45, 7) is -0.0462. The van der Waals surface area contributed by atoms with E-state index in [9.17, 15) is 13.2 Å². The van der Waals surface area contributed by atoms with Gasteiger partial charge in [-0.15, -0.1) is 0 Å². The molecule has 0 saturated heterocycles. The van der Waals surface area contributed by atoms with Crippen molar-refractivity contribution in [1.29, 1.82) is 0 Å². The van der Waals surface area contributed by atoms with Gasteiger partial charge in [-0.05, 0) is 17.7 Å². The van der Waals surface area contributed by atoms with E-state index in [4.69, 9.17) is 16.2 Å². The molecule has 0 heterocycles. The average molecular weight is 234 g/mol. The number of benzene rings is 1. The molecular weight excluding hydrogens is 221 g/mol. The van der Waals surface area contributed by atoms with Crippen LogP contribution in [0, 0.1) is 0 Å². The SMILES string of the molecule is COc1ccc([C@@H](N)CN)c(C(F)(F)F)c1. The summed E-state index contributed by atoms with van der Waals surface area (Å²) in [4.78, 5) is 0. The summed E-state index contributed by atoms with van der Waals surface area (Å²) < 4.78 is 42.9. The summed E-state index contributed by atoms with van der Waals surface area (Å²) >= 11 is 0. The molecular formula is C10H13F3N2O. The first kappa shape index (κ1) is 12.8. The Hall–Kier alpha value is -1.27. The summed E-state index contributed by atoms with van der Waals surface area (Å²) in [7, 11) is 1.30. The quantitative estimate of drug-likeness (QED) is 0.836. The highest BCUT2D eigenvalue weighted by molar-refractivity contribution is 5.39. The smallest absolute Gasteiger partial charge is 0.416 e. The number of hydrogen-bond donors (Lipinski definition) is 2. The van der Waals surface area contributed by atoms with E-state index >= 15 is 0 Å². The van der Waals surface area contributed by atoms with E-state index in [1.807, 2.05) is 0 Å². The van der Waals surface area contributed by atoms with Gasteiger partial charge in [-0.3, -0.25) is 0 Å². The van der Waals surface area contributed by atoms with Crippen molar-refractivity contribution in [3.05, 3.63) is 29.3 Å². The van der Waals surface area contributed by atoms with Gasteiger partial charge in [0.15, 0.2) is 0 Å². The van der Waals surface area contributed by atoms with Crippen LogP contribution in [0.1, 0.15) is 17.2 Å². The van der Waals surface area contributed by atoms with Crippen LogP contribution >= 0.6 is 0 Å². The van der Waals surface area contributed by atoms with Crippen molar-refractivity contribution in [2.45, 2.75) is 12.2 Å². The predicted molar refractivity (Wildman–Crippen MR) is 54.0 cm³/mol. The van der Waals surface area contributed by atoms with Gasteiger partial charge < -0.3 is 16.2 Å². The molecule has 0 radical (unpaired) electrons. The zero-order valence-corrected chi connectivity index (χ0v) is 8.71. The van der Waals surface area contributed by atoms with E-state index in [0.717, 1.165) is 6.07 Å². The highest BCUT2D eigenvalue weighted by Crippen LogP contribution is 2.36. The van der Waals surface area contributed by atoms with E-state index < -0.39 is 17.8 Å². The van der Waals surface area contributed by atoms with Gasteiger partial charge in [0, 0.05) is 12.6 Å². The minimum atomic E-state index is -4.46. The van der Waals surface area contributed by atoms with E-state index in [1.165, 1.54) is 19.2 Å². The molecule has 1 aromatic rings. The lowest BCUT2D eigenvalue weighted by molar-refractivity contribution is -0.138. The Labute approximate surface area is 91.2 Å². The van der Waals surface area contributed by atoms with Crippen molar-refractivity contribution in [3.8, 4) is 5.75 Å². The van der Waals surface area contributed by atoms with E-state index in [2.05, 4.69) is 0 Å². The monoisotopic (exact) mass is 234 g/mol. The minimum absolute atomic E-state index is 0.0178. The molecule has 0 amide bonds. The Morgan fingerprint density at radius 3 is 2.44 bits per heavy atom. The van der Waals surface area contributed by atoms with Crippen molar-refractivity contribution in [2.24, 2.45) is 11.5 Å². The number of alkyl halides is 3. The topological polar surface area (TPSA) is 61.3 Å². The van der Waals surface area contributed by atoms with E-state index in [-0.39, 0.29) is 17.9 Å². The van der Waals surface area contributed by atoms with Crippen molar-refractivity contribution in [3.63, 3.8) is 0 Å². The molecule has 1 aromatic carbocycles. The molecule has 0 fully saturated rings. The first-order valence-electron chi connectivity index (χ1n) is 4.61. The van der Waals surface area contributed by atoms with Gasteiger partial charge in [0.2, 0.25) is 0 Å². The summed E-state index contributed by atoms with van der Waals surface area (Å²) in [6, 6.07) is 2.81. The normalized spacial score (nSPS) is 13.6. The summed E-state index contributed by atoms with van der Waals surface area (Å²) in [6.07, 6.45) is -4.46. The Morgan fingerprint density at radius 1 is 1.38 bits per heavy atom. The van der Waals surface area contributed by atoms with Crippen LogP contribution in [0.4, 0.5) is 13.2 Å². The molecule has 3 nitrogen and oxygen atoms in total. The van der Waals surface area contributed by atoms with Gasteiger partial charge in [0.05, 0.1) is 12.7 Å². The molecule has 0 aromatic heterocycles. The second-order valence-corrected chi connectivity index (χ2v) is 3.29. The second kappa shape index (κ2) is 4.71. The van der Waals surface area contributed by atoms with Gasteiger partial charge in [0.25, 0.3) is 0 Å². The molecule has 90 valence electrons. The molecule has 0 saturated carbocycles. The maximum absolute atomic E-state index is 12.7. The molecule has 0 aliphatic heterocycles. The third-order valence-corrected chi connectivity index (χ3v) is 2.22. The van der Waals surface area contributed by atoms with Crippen molar-refractivity contribution in [1.82, 2.24) is 0 Å². The first-order chi connectivity index (χ1) is 7.40. The molecule has 1 atom stereocenters. The average Bonchev–Trinajstić information content (AvgIpc) is 2.26. The molecule has 6 heteroatoms. The molecule has 4 N–H and O–H groups in total. The van der Waals surface area contributed by atoms with Gasteiger partial charge in [0.1, 0.15) is 5.75 Å². The predicted octanol–water partition coefficient (Wildman–Crippen LogP) is 1.67. The lowest BCUT2D eigenvalue weighted by Crippen LogP contribution is -2.24. The Kier molecular flexibility index (Phi) is 3.77. The lowest BCUT2D eigenvalue weighted by Gasteiger charge is -2.17. The zero-order chi connectivity index (χ0) is 12.3. The molecule has 0 unspecified atom stereocenters. The minimum Gasteiger partial charge on any atom is -0.497 e. The molecule has 1 rings (SSSR count). The molecule has 0 aliphatic rings. The number of rotatable bonds is 3. The van der Waals surface area contributed by atoms with Crippen LogP contribution < -0.4 is 16.2 Å². The Balaban J connectivity index is 3.27. The van der Waals surface area contributed by atoms with Crippen LogP contribution in [-0.4, -0.2) is 13.7 Å². The third kappa shape index (κ3) is 2.65. The van der Waals surface area contributed by atoms with E-state index in [1.54, 1.807) is 0 Å². The molecule has 0 spiro atoms. The van der Waals surface area contributed by atoms with Gasteiger partial charge in [-0.25, -0.2) is 0 Å². The maximum atomic E-state index is 12.7. The van der Waals surface area contributed by atoms with Crippen molar-refractivity contribution < 1.29 is 17.9 Å². The van der Waals surface area contributed by atoms with Crippen LogP contribution in [-0.2, 0) is 6.18 Å². The largest absolute Gasteiger partial charge is 0.497 e. The Morgan fingerprint density at radius 2 is 2.00 bits per heavy atom. The lowest BCUT2D eigenvalue weighted by atomic mass is 10.00. The third-order valence-electron chi connectivity index (χ3n) is 2.22. The van der Waals surface area contributed by atoms with Crippen molar-refractivity contribution in [2.75, 3.05) is 13.7 Å². The van der Waals surface area contributed by atoms with E-state index in [0.29, 0.717) is 0 Å². The number of halogens is 3. The highest BCUT2D eigenvalue weighted by atomic mass is 19.4. The zero-order valence-electron chi connectivity index (χ0n) is 8.71. The first-order valence-corrected chi connectivity index (χ1v) is 4.61. The molecule has 0 aliphatic carbocycles. The van der Waals surface area contributed by atoms with Crippen LogP contribution in [0.2, 0.25) is 0 Å². The van der Waals surface area contributed by atoms with Crippen molar-refractivity contribution >= 4 is 0 Å². The van der Waals surface area contributed by atoms with Crippen LogP contribution in [0.25, 0.3) is 0 Å². The maximum Gasteiger partial charge on any atom is 0.416 e. The number of hydrogen-bond acceptors (Lipinski definition) is 3. The second-order valence-electron chi connectivity index (χ2n) is 3.29. The van der Waals surface area contributed by atoms with Crippen LogP contribution in [0.5, 0.6) is 5.75 Å². The Bertz CT molecular complexity index is 366. The van der Waals surface area contributed by atoms with Gasteiger partial charge in [-0.2, -0.15) is 13.2 Å². The van der Waals surface area contributed by atoms with Crippen LogP contribution in [0.15, 0.2) is 18.2 Å². The van der Waals surface area contributed by atoms with Crippen LogP contribution in [0.3, 0.4) is 0 Å². The fourth-order valence-corrected chi connectivity index (χ4v) is 1.36. The van der Waals surface area contributed by atoms with Gasteiger partial charge in [-0.1, -0.05) is 6.07 Å². The summed E-state index contributed by atoms with van der Waals surface area (Å²) in [5.41, 5.74) is 9.96. The number of ether oxygens (including phenoxy) is 1. The van der Waals surface area contributed by atoms with Gasteiger partial charge >= 0.3 is 6.18 Å². The number of nitrogens with two attached hydrogens (primary N) is 2.